The molecule has 1 aromatic carbocycles. The van der Waals surface area contributed by atoms with E-state index in [0.717, 1.165) is 5.56 Å². The molecule has 0 saturated carbocycles. The Hall–Kier alpha value is -2.90. The SMILES string of the molecule is O=C(NNC(=O)c1cccs1)c1ccc(=O)n(Cc2ccc(Cl)cc2)c1. The maximum absolute atomic E-state index is 12.2. The van der Waals surface area contributed by atoms with Crippen LogP contribution >= 0.6 is 22.9 Å². The molecule has 2 amide bonds. The lowest BCUT2D eigenvalue weighted by atomic mass is 10.2. The highest BCUT2D eigenvalue weighted by Gasteiger charge is 2.11. The molecular weight excluding hydrogens is 374 g/mol. The van der Waals surface area contributed by atoms with E-state index in [1.54, 1.807) is 29.6 Å². The van der Waals surface area contributed by atoms with Crippen molar-refractivity contribution in [1.82, 2.24) is 15.4 Å². The fourth-order valence-electron chi connectivity index (χ4n) is 2.23. The zero-order chi connectivity index (χ0) is 18.5. The van der Waals surface area contributed by atoms with Crippen molar-refractivity contribution >= 4 is 34.8 Å². The molecule has 0 aliphatic heterocycles. The fourth-order valence-corrected chi connectivity index (χ4v) is 2.98. The van der Waals surface area contributed by atoms with Crippen molar-refractivity contribution in [2.75, 3.05) is 0 Å². The van der Waals surface area contributed by atoms with Gasteiger partial charge in [0.15, 0.2) is 0 Å². The molecule has 132 valence electrons. The Morgan fingerprint density at radius 1 is 1.00 bits per heavy atom. The number of carbonyl (C=O) groups is 2. The van der Waals surface area contributed by atoms with E-state index in [9.17, 15) is 14.4 Å². The molecule has 0 aliphatic rings. The van der Waals surface area contributed by atoms with Crippen LogP contribution in [0.2, 0.25) is 5.02 Å². The van der Waals surface area contributed by atoms with Gasteiger partial charge in [-0.05, 0) is 35.2 Å². The van der Waals surface area contributed by atoms with Gasteiger partial charge >= 0.3 is 0 Å². The topological polar surface area (TPSA) is 80.2 Å². The van der Waals surface area contributed by atoms with E-state index in [4.69, 9.17) is 11.6 Å². The van der Waals surface area contributed by atoms with Crippen LogP contribution in [0.5, 0.6) is 0 Å². The highest BCUT2D eigenvalue weighted by atomic mass is 35.5. The average molecular weight is 388 g/mol. The maximum atomic E-state index is 12.2. The molecule has 8 heteroatoms. The van der Waals surface area contributed by atoms with Crippen molar-refractivity contribution in [3.8, 4) is 0 Å². The monoisotopic (exact) mass is 387 g/mol. The van der Waals surface area contributed by atoms with Gasteiger partial charge in [0.2, 0.25) is 0 Å². The van der Waals surface area contributed by atoms with Crippen molar-refractivity contribution in [1.29, 1.82) is 0 Å². The zero-order valence-corrected chi connectivity index (χ0v) is 15.0. The molecular formula is C18H14ClN3O3S. The van der Waals surface area contributed by atoms with Crippen molar-refractivity contribution < 1.29 is 9.59 Å². The number of aromatic nitrogens is 1. The Bertz CT molecular complexity index is 982. The Labute approximate surface area is 158 Å². The van der Waals surface area contributed by atoms with Crippen molar-refractivity contribution in [3.63, 3.8) is 0 Å². The van der Waals surface area contributed by atoms with Crippen LogP contribution in [-0.4, -0.2) is 16.4 Å². The second-order valence-corrected chi connectivity index (χ2v) is 6.78. The van der Waals surface area contributed by atoms with Gasteiger partial charge < -0.3 is 4.57 Å². The summed E-state index contributed by atoms with van der Waals surface area (Å²) in [4.78, 5) is 36.6. The molecule has 0 radical (unpaired) electrons. The lowest BCUT2D eigenvalue weighted by Crippen LogP contribution is -2.41. The van der Waals surface area contributed by atoms with E-state index >= 15 is 0 Å². The third-order valence-electron chi connectivity index (χ3n) is 3.55. The Morgan fingerprint density at radius 2 is 1.73 bits per heavy atom. The Kier molecular flexibility index (Phi) is 5.50. The molecule has 0 unspecified atom stereocenters. The van der Waals surface area contributed by atoms with E-state index < -0.39 is 11.8 Å². The Morgan fingerprint density at radius 3 is 2.42 bits per heavy atom. The summed E-state index contributed by atoms with van der Waals surface area (Å²) in [6.45, 7) is 0.304. The predicted octanol–water partition coefficient (Wildman–Crippen LogP) is 2.69. The number of nitrogens with one attached hydrogen (secondary N) is 2. The van der Waals surface area contributed by atoms with Crippen molar-refractivity contribution in [3.05, 3.63) is 91.5 Å². The summed E-state index contributed by atoms with van der Waals surface area (Å²) >= 11 is 7.12. The minimum Gasteiger partial charge on any atom is -0.310 e. The average Bonchev–Trinajstić information content (AvgIpc) is 3.18. The number of thiophene rings is 1. The second kappa shape index (κ2) is 7.99. The molecule has 26 heavy (non-hydrogen) atoms. The first-order valence-electron chi connectivity index (χ1n) is 7.62. The number of halogens is 1. The molecule has 2 aromatic heterocycles. The number of amides is 2. The summed E-state index contributed by atoms with van der Waals surface area (Å²) < 4.78 is 1.42. The predicted molar refractivity (Wildman–Crippen MR) is 101 cm³/mol. The lowest BCUT2D eigenvalue weighted by molar-refractivity contribution is 0.0848. The number of carbonyl (C=O) groups excluding carboxylic acids is 2. The third-order valence-corrected chi connectivity index (χ3v) is 4.67. The van der Waals surface area contributed by atoms with Crippen LogP contribution in [-0.2, 0) is 6.54 Å². The molecule has 2 heterocycles. The third kappa shape index (κ3) is 4.38. The smallest absolute Gasteiger partial charge is 0.279 e. The molecule has 2 N–H and O–H groups in total. The minimum atomic E-state index is -0.514. The first-order chi connectivity index (χ1) is 12.5. The molecule has 6 nitrogen and oxygen atoms in total. The number of hydrazine groups is 1. The van der Waals surface area contributed by atoms with Crippen LogP contribution in [0.3, 0.4) is 0 Å². The number of benzene rings is 1. The lowest BCUT2D eigenvalue weighted by Gasteiger charge is -2.10. The van der Waals surface area contributed by atoms with E-state index in [1.807, 2.05) is 12.1 Å². The van der Waals surface area contributed by atoms with Crippen LogP contribution in [0.25, 0.3) is 0 Å². The number of pyridine rings is 1. The molecule has 0 fully saturated rings. The fraction of sp³-hybridized carbons (Fsp3) is 0.0556. The molecule has 0 bridgehead atoms. The highest BCUT2D eigenvalue weighted by Crippen LogP contribution is 2.10. The highest BCUT2D eigenvalue weighted by molar-refractivity contribution is 7.12. The van der Waals surface area contributed by atoms with Crippen molar-refractivity contribution in [2.24, 2.45) is 0 Å². The largest absolute Gasteiger partial charge is 0.310 e. The molecule has 0 spiro atoms. The molecule has 3 rings (SSSR count). The summed E-state index contributed by atoms with van der Waals surface area (Å²) in [5.74, 6) is -0.914. The number of nitrogens with zero attached hydrogens (tertiary/aromatic N) is 1. The molecule has 3 aromatic rings. The van der Waals surface area contributed by atoms with Crippen molar-refractivity contribution in [2.45, 2.75) is 6.54 Å². The van der Waals surface area contributed by atoms with Gasteiger partial charge in [-0.25, -0.2) is 0 Å². The van der Waals surface area contributed by atoms with Crippen LogP contribution < -0.4 is 16.4 Å². The summed E-state index contributed by atoms with van der Waals surface area (Å²) in [6.07, 6.45) is 1.45. The van der Waals surface area contributed by atoms with Gasteiger partial charge in [-0.2, -0.15) is 0 Å². The van der Waals surface area contributed by atoms with E-state index in [1.165, 1.54) is 34.2 Å². The van der Waals surface area contributed by atoms with Gasteiger partial charge in [-0.3, -0.25) is 25.2 Å². The Balaban J connectivity index is 1.70. The summed E-state index contributed by atoms with van der Waals surface area (Å²) in [5.41, 5.74) is 5.58. The van der Waals surface area contributed by atoms with Gasteiger partial charge in [-0.1, -0.05) is 29.8 Å². The maximum Gasteiger partial charge on any atom is 0.279 e. The first-order valence-corrected chi connectivity index (χ1v) is 8.88. The molecule has 0 atom stereocenters. The van der Waals surface area contributed by atoms with E-state index in [0.29, 0.717) is 16.4 Å². The van der Waals surface area contributed by atoms with Gasteiger partial charge in [0, 0.05) is 17.3 Å². The summed E-state index contributed by atoms with van der Waals surface area (Å²) in [5, 5.41) is 2.37. The quantitative estimate of drug-likeness (QED) is 0.675. The van der Waals surface area contributed by atoms with Crippen LogP contribution in [0.4, 0.5) is 0 Å². The van der Waals surface area contributed by atoms with Gasteiger partial charge in [0.1, 0.15) is 0 Å². The zero-order valence-electron chi connectivity index (χ0n) is 13.4. The van der Waals surface area contributed by atoms with Crippen LogP contribution in [0, 0.1) is 0 Å². The van der Waals surface area contributed by atoms with Crippen LogP contribution in [0.1, 0.15) is 25.6 Å². The summed E-state index contributed by atoms with van der Waals surface area (Å²) in [6, 6.07) is 13.2. The van der Waals surface area contributed by atoms with Gasteiger partial charge in [0.05, 0.1) is 17.0 Å². The second-order valence-electron chi connectivity index (χ2n) is 5.40. The summed E-state index contributed by atoms with van der Waals surface area (Å²) in [7, 11) is 0. The van der Waals surface area contributed by atoms with E-state index in [-0.39, 0.29) is 11.1 Å². The first kappa shape index (κ1) is 17.9. The molecule has 0 saturated heterocycles. The van der Waals surface area contributed by atoms with E-state index in [2.05, 4.69) is 10.9 Å². The standard InChI is InChI=1S/C18H14ClN3O3S/c19-14-6-3-12(4-7-14)10-22-11-13(5-8-16(22)23)17(24)20-21-18(25)15-2-1-9-26-15/h1-9,11H,10H2,(H,20,24)(H,21,25). The van der Waals surface area contributed by atoms with Gasteiger partial charge in [-0.15, -0.1) is 11.3 Å². The van der Waals surface area contributed by atoms with Crippen LogP contribution in [0.15, 0.2) is 64.9 Å². The molecule has 0 aliphatic carbocycles. The number of hydrogen-bond acceptors (Lipinski definition) is 4. The number of hydrogen-bond donors (Lipinski definition) is 2. The minimum absolute atomic E-state index is 0.237. The number of rotatable bonds is 4. The van der Waals surface area contributed by atoms with Gasteiger partial charge in [0.25, 0.3) is 17.4 Å². The normalized spacial score (nSPS) is 10.3.